The lowest BCUT2D eigenvalue weighted by atomic mass is 9.98. The van der Waals surface area contributed by atoms with Crippen molar-refractivity contribution in [2.75, 3.05) is 12.4 Å². The van der Waals surface area contributed by atoms with Crippen LogP contribution in [-0.4, -0.2) is 73.2 Å². The van der Waals surface area contributed by atoms with E-state index in [1.165, 1.54) is 32.6 Å². The van der Waals surface area contributed by atoms with Gasteiger partial charge < -0.3 is 35.2 Å². The highest BCUT2D eigenvalue weighted by Crippen LogP contribution is 2.47. The molecule has 1 amide bonds. The summed E-state index contributed by atoms with van der Waals surface area (Å²) in [6.45, 7) is 2.87. The smallest absolute Gasteiger partial charge is 0.352 e. The van der Waals surface area contributed by atoms with Crippen LogP contribution in [0.15, 0.2) is 11.4 Å². The molecule has 1 saturated heterocycles. The van der Waals surface area contributed by atoms with Crippen molar-refractivity contribution in [3.63, 3.8) is 0 Å². The van der Waals surface area contributed by atoms with Crippen LogP contribution in [0.2, 0.25) is 0 Å². The Labute approximate surface area is 188 Å². The van der Waals surface area contributed by atoms with E-state index in [0.717, 1.165) is 31.0 Å². The summed E-state index contributed by atoms with van der Waals surface area (Å²) in [4.78, 5) is 30.9. The zero-order valence-electron chi connectivity index (χ0n) is 18.4. The van der Waals surface area contributed by atoms with Gasteiger partial charge in [0.05, 0.1) is 12.6 Å². The number of carbonyl (C=O) groups is 1. The van der Waals surface area contributed by atoms with E-state index < -0.39 is 49.9 Å². The van der Waals surface area contributed by atoms with E-state index in [4.69, 9.17) is 4.74 Å². The summed E-state index contributed by atoms with van der Waals surface area (Å²) in [5.41, 5.74) is -0.895. The quantitative estimate of drug-likeness (QED) is 0.160. The van der Waals surface area contributed by atoms with E-state index in [2.05, 4.69) is 12.2 Å². The molecule has 1 aliphatic rings. The van der Waals surface area contributed by atoms with Crippen LogP contribution >= 0.6 is 19.4 Å². The highest BCUT2D eigenvalue weighted by Gasteiger charge is 2.45. The van der Waals surface area contributed by atoms with Crippen molar-refractivity contribution in [1.29, 1.82) is 0 Å². The van der Waals surface area contributed by atoms with Gasteiger partial charge in [-0.3, -0.25) is 9.36 Å². The number of amides is 1. The zero-order chi connectivity index (χ0) is 23.4. The van der Waals surface area contributed by atoms with Crippen LogP contribution in [-0.2, 0) is 14.1 Å². The minimum atomic E-state index is -4.47. The van der Waals surface area contributed by atoms with Crippen molar-refractivity contribution >= 4 is 25.3 Å². The standard InChI is InChI=1S/C20H38NO8PS/c1-3-4-5-6-7-8-9-10-11-15(30(26,27)28)13-31-20-17(21-14(2)23)19(25)18(24)16(12-22)29-20/h11,16-20,22,24-25H,3-10,12-13H2,1-2H3,(H,21,23)(H2,26,27,28)/b15-11+/t16-,17-,18-,19-,20+/m1/s1. The molecule has 0 bridgehead atoms. The van der Waals surface area contributed by atoms with Crippen LogP contribution in [0.1, 0.15) is 65.2 Å². The van der Waals surface area contributed by atoms with Gasteiger partial charge in [-0.2, -0.15) is 0 Å². The maximum atomic E-state index is 11.9. The number of unbranched alkanes of at least 4 members (excludes halogenated alkanes) is 7. The lowest BCUT2D eigenvalue weighted by molar-refractivity contribution is -0.173. The number of aliphatic hydroxyl groups is 3. The molecule has 0 unspecified atom stereocenters. The van der Waals surface area contributed by atoms with Gasteiger partial charge in [0.2, 0.25) is 5.91 Å². The lowest BCUT2D eigenvalue weighted by Gasteiger charge is -2.42. The molecule has 0 radical (unpaired) electrons. The van der Waals surface area contributed by atoms with Crippen LogP contribution in [0.4, 0.5) is 0 Å². The predicted molar refractivity (Wildman–Crippen MR) is 121 cm³/mol. The third kappa shape index (κ3) is 10.4. The van der Waals surface area contributed by atoms with E-state index in [9.17, 15) is 34.5 Å². The van der Waals surface area contributed by atoms with Crippen molar-refractivity contribution in [2.24, 2.45) is 0 Å². The molecular formula is C20H38NO8PS. The van der Waals surface area contributed by atoms with Gasteiger partial charge in [0.25, 0.3) is 0 Å². The Kier molecular flexibility index (Phi) is 13.5. The Bertz CT molecular complexity index is 614. The molecule has 0 aromatic heterocycles. The molecule has 1 rings (SSSR count). The van der Waals surface area contributed by atoms with E-state index >= 15 is 0 Å². The molecular weight excluding hydrogens is 445 g/mol. The summed E-state index contributed by atoms with van der Waals surface area (Å²) in [6.07, 6.45) is 6.01. The summed E-state index contributed by atoms with van der Waals surface area (Å²) in [5.74, 6) is -0.514. The summed E-state index contributed by atoms with van der Waals surface area (Å²) in [7, 11) is -4.47. The fraction of sp³-hybridized carbons (Fsp3) is 0.850. The fourth-order valence-corrected chi connectivity index (χ4v) is 5.79. The molecule has 1 heterocycles. The molecule has 9 nitrogen and oxygen atoms in total. The maximum absolute atomic E-state index is 11.9. The lowest BCUT2D eigenvalue weighted by Crippen LogP contribution is -2.63. The van der Waals surface area contributed by atoms with Gasteiger partial charge in [0.15, 0.2) is 0 Å². The minimum absolute atomic E-state index is 0.0326. The third-order valence-corrected chi connectivity index (χ3v) is 7.72. The zero-order valence-corrected chi connectivity index (χ0v) is 20.1. The molecule has 0 aromatic carbocycles. The van der Waals surface area contributed by atoms with E-state index in [0.29, 0.717) is 6.42 Å². The molecule has 6 N–H and O–H groups in total. The molecule has 1 fully saturated rings. The van der Waals surface area contributed by atoms with Gasteiger partial charge in [0.1, 0.15) is 23.7 Å². The van der Waals surface area contributed by atoms with Gasteiger partial charge in [-0.25, -0.2) is 0 Å². The van der Waals surface area contributed by atoms with Crippen molar-refractivity contribution in [3.05, 3.63) is 11.4 Å². The number of ether oxygens (including phenoxy) is 1. The number of nitrogens with one attached hydrogen (secondary N) is 1. The first-order valence-corrected chi connectivity index (χ1v) is 13.5. The molecule has 182 valence electrons. The van der Waals surface area contributed by atoms with Gasteiger partial charge >= 0.3 is 7.60 Å². The monoisotopic (exact) mass is 483 g/mol. The molecule has 0 saturated carbocycles. The Morgan fingerprint density at radius 2 is 1.71 bits per heavy atom. The van der Waals surface area contributed by atoms with Crippen LogP contribution in [0.25, 0.3) is 0 Å². The van der Waals surface area contributed by atoms with Crippen molar-refractivity contribution in [3.8, 4) is 0 Å². The molecule has 5 atom stereocenters. The van der Waals surface area contributed by atoms with E-state index in [1.807, 2.05) is 0 Å². The van der Waals surface area contributed by atoms with Gasteiger partial charge in [-0.15, -0.1) is 11.8 Å². The SMILES string of the molecule is CCCCCCCCC/C=C(\CS[C@@H]1O[C@H](CO)[C@@H](O)[C@H](O)[C@H]1NC(C)=O)P(=O)(O)O. The number of hydrogen-bond acceptors (Lipinski definition) is 7. The number of thioether (sulfide) groups is 1. The average Bonchev–Trinajstić information content (AvgIpc) is 2.69. The normalized spacial score (nSPS) is 27.3. The van der Waals surface area contributed by atoms with Crippen LogP contribution < -0.4 is 5.32 Å². The number of rotatable bonds is 14. The van der Waals surface area contributed by atoms with Crippen molar-refractivity contribution in [2.45, 2.75) is 95.0 Å². The van der Waals surface area contributed by atoms with E-state index in [1.54, 1.807) is 6.08 Å². The van der Waals surface area contributed by atoms with Crippen molar-refractivity contribution < 1.29 is 39.2 Å². The maximum Gasteiger partial charge on any atom is 0.352 e. The largest absolute Gasteiger partial charge is 0.394 e. The second kappa shape index (κ2) is 14.6. The summed E-state index contributed by atoms with van der Waals surface area (Å²) >= 11 is 1.01. The first-order valence-electron chi connectivity index (χ1n) is 10.9. The molecule has 0 aromatic rings. The van der Waals surface area contributed by atoms with Gasteiger partial charge in [-0.1, -0.05) is 51.5 Å². The Hall–Kier alpha value is -0.450. The Balaban J connectivity index is 2.70. The molecule has 31 heavy (non-hydrogen) atoms. The Morgan fingerprint density at radius 3 is 2.26 bits per heavy atom. The summed E-state index contributed by atoms with van der Waals surface area (Å²) in [5, 5.41) is 32.2. The van der Waals surface area contributed by atoms with Crippen molar-refractivity contribution in [1.82, 2.24) is 5.32 Å². The second-order valence-electron chi connectivity index (χ2n) is 7.89. The number of hydrogen-bond donors (Lipinski definition) is 6. The minimum Gasteiger partial charge on any atom is -0.394 e. The van der Waals surface area contributed by atoms with Gasteiger partial charge in [-0.05, 0) is 12.8 Å². The van der Waals surface area contributed by atoms with E-state index in [-0.39, 0.29) is 11.1 Å². The number of aliphatic hydroxyl groups excluding tert-OH is 3. The second-order valence-corrected chi connectivity index (χ2v) is 10.6. The number of allylic oxidation sites excluding steroid dienone is 1. The Morgan fingerprint density at radius 1 is 1.10 bits per heavy atom. The average molecular weight is 484 g/mol. The third-order valence-electron chi connectivity index (χ3n) is 5.21. The fourth-order valence-electron chi connectivity index (χ4n) is 3.41. The highest BCUT2D eigenvalue weighted by atomic mass is 32.2. The van der Waals surface area contributed by atoms with Crippen LogP contribution in [0.5, 0.6) is 0 Å². The molecule has 0 spiro atoms. The molecule has 0 aliphatic carbocycles. The van der Waals surface area contributed by atoms with Crippen LogP contribution in [0, 0.1) is 0 Å². The molecule has 1 aliphatic heterocycles. The first kappa shape index (κ1) is 28.6. The van der Waals surface area contributed by atoms with Crippen LogP contribution in [0.3, 0.4) is 0 Å². The predicted octanol–water partition coefficient (Wildman–Crippen LogP) is 1.87. The van der Waals surface area contributed by atoms with Gasteiger partial charge in [0, 0.05) is 18.0 Å². The topological polar surface area (TPSA) is 157 Å². The summed E-state index contributed by atoms with van der Waals surface area (Å²) < 4.78 is 17.5. The highest BCUT2D eigenvalue weighted by molar-refractivity contribution is 8.00. The summed E-state index contributed by atoms with van der Waals surface area (Å²) in [6, 6.07) is -0.985. The first-order chi connectivity index (χ1) is 14.6. The number of carbonyl (C=O) groups excluding carboxylic acids is 1. The molecule has 11 heteroatoms.